The SMILES string of the molecule is O=C(CSc1nc2ccccc2c(=O)n1-c1ccc(Cl)cc1Cl)NCCN1CCOCC1. The van der Waals surface area contributed by atoms with Crippen LogP contribution in [0.2, 0.25) is 10.0 Å². The summed E-state index contributed by atoms with van der Waals surface area (Å²) >= 11 is 13.6. The molecule has 0 atom stereocenters. The Hall–Kier alpha value is -2.10. The van der Waals surface area contributed by atoms with Crippen LogP contribution in [0.3, 0.4) is 0 Å². The number of rotatable bonds is 7. The van der Waals surface area contributed by atoms with Crippen LogP contribution in [-0.4, -0.2) is 65.5 Å². The number of amides is 1. The lowest BCUT2D eigenvalue weighted by atomic mass is 10.2. The van der Waals surface area contributed by atoms with Crippen LogP contribution in [-0.2, 0) is 9.53 Å². The van der Waals surface area contributed by atoms with Crippen molar-refractivity contribution in [3.63, 3.8) is 0 Å². The molecule has 1 aliphatic rings. The smallest absolute Gasteiger partial charge is 0.266 e. The van der Waals surface area contributed by atoms with E-state index in [-0.39, 0.29) is 17.2 Å². The minimum Gasteiger partial charge on any atom is -0.379 e. The molecule has 1 amide bonds. The van der Waals surface area contributed by atoms with Crippen molar-refractivity contribution in [2.24, 2.45) is 0 Å². The van der Waals surface area contributed by atoms with Gasteiger partial charge in [-0.1, -0.05) is 47.1 Å². The van der Waals surface area contributed by atoms with E-state index in [9.17, 15) is 9.59 Å². The average Bonchev–Trinajstić information content (AvgIpc) is 2.79. The third kappa shape index (κ3) is 5.44. The fraction of sp³-hybridized carbons (Fsp3) is 0.318. The molecule has 1 saturated heterocycles. The molecule has 2 heterocycles. The monoisotopic (exact) mass is 492 g/mol. The average molecular weight is 493 g/mol. The number of carbonyl (C=O) groups excluding carboxylic acids is 1. The third-order valence-electron chi connectivity index (χ3n) is 5.08. The number of nitrogens with zero attached hydrogens (tertiary/aromatic N) is 3. The van der Waals surface area contributed by atoms with Crippen molar-refractivity contribution in [3.05, 3.63) is 62.9 Å². The summed E-state index contributed by atoms with van der Waals surface area (Å²) < 4.78 is 6.77. The highest BCUT2D eigenvalue weighted by atomic mass is 35.5. The minimum absolute atomic E-state index is 0.124. The van der Waals surface area contributed by atoms with Gasteiger partial charge in [-0.15, -0.1) is 0 Å². The first-order chi connectivity index (χ1) is 15.5. The molecule has 0 aliphatic carbocycles. The van der Waals surface area contributed by atoms with Gasteiger partial charge in [-0.2, -0.15) is 0 Å². The predicted octanol–water partition coefficient (Wildman–Crippen LogP) is 3.23. The fourth-order valence-corrected chi connectivity index (χ4v) is 4.77. The van der Waals surface area contributed by atoms with Crippen molar-refractivity contribution in [1.82, 2.24) is 19.8 Å². The van der Waals surface area contributed by atoms with Gasteiger partial charge in [0.2, 0.25) is 5.91 Å². The summed E-state index contributed by atoms with van der Waals surface area (Å²) in [5.74, 6) is -0.00143. The largest absolute Gasteiger partial charge is 0.379 e. The molecule has 3 aromatic rings. The zero-order chi connectivity index (χ0) is 22.5. The molecule has 32 heavy (non-hydrogen) atoms. The van der Waals surface area contributed by atoms with E-state index in [2.05, 4.69) is 15.2 Å². The number of ether oxygens (including phenoxy) is 1. The maximum atomic E-state index is 13.3. The van der Waals surface area contributed by atoms with E-state index < -0.39 is 0 Å². The van der Waals surface area contributed by atoms with Crippen LogP contribution in [0.4, 0.5) is 0 Å². The van der Waals surface area contributed by atoms with Crippen LogP contribution in [0, 0.1) is 0 Å². The number of benzene rings is 2. The van der Waals surface area contributed by atoms with Gasteiger partial charge in [0, 0.05) is 31.2 Å². The number of fused-ring (bicyclic) bond motifs is 1. The molecule has 168 valence electrons. The van der Waals surface area contributed by atoms with Gasteiger partial charge in [0.25, 0.3) is 5.56 Å². The normalized spacial score (nSPS) is 14.6. The number of hydrogen-bond donors (Lipinski definition) is 1. The second-order valence-electron chi connectivity index (χ2n) is 7.24. The van der Waals surface area contributed by atoms with Gasteiger partial charge in [0.15, 0.2) is 5.16 Å². The topological polar surface area (TPSA) is 76.5 Å². The molecule has 0 saturated carbocycles. The highest BCUT2D eigenvalue weighted by Gasteiger charge is 2.17. The van der Waals surface area contributed by atoms with Crippen LogP contribution < -0.4 is 10.9 Å². The van der Waals surface area contributed by atoms with Crippen LogP contribution in [0.1, 0.15) is 0 Å². The van der Waals surface area contributed by atoms with Crippen molar-refractivity contribution >= 4 is 51.8 Å². The number of halogens is 2. The number of nitrogens with one attached hydrogen (secondary N) is 1. The Balaban J connectivity index is 1.53. The molecule has 0 bridgehead atoms. The number of thioether (sulfide) groups is 1. The quantitative estimate of drug-likeness (QED) is 0.403. The Morgan fingerprint density at radius 2 is 1.94 bits per heavy atom. The Morgan fingerprint density at radius 1 is 1.16 bits per heavy atom. The number of para-hydroxylation sites is 1. The first-order valence-corrected chi connectivity index (χ1v) is 11.9. The van der Waals surface area contributed by atoms with Gasteiger partial charge in [0.1, 0.15) is 0 Å². The Kier molecular flexibility index (Phi) is 7.70. The minimum atomic E-state index is -0.255. The van der Waals surface area contributed by atoms with Crippen molar-refractivity contribution in [2.75, 3.05) is 45.1 Å². The van der Waals surface area contributed by atoms with E-state index in [1.54, 1.807) is 36.4 Å². The molecule has 0 spiro atoms. The maximum absolute atomic E-state index is 13.3. The fourth-order valence-electron chi connectivity index (χ4n) is 3.44. The zero-order valence-corrected chi connectivity index (χ0v) is 19.6. The number of hydrogen-bond acceptors (Lipinski definition) is 6. The standard InChI is InChI=1S/C22H22Cl2N4O3S/c23-15-5-6-19(17(24)13-15)28-21(30)16-3-1-2-4-18(16)26-22(28)32-14-20(29)25-7-8-27-9-11-31-12-10-27/h1-6,13H,7-12,14H2,(H,25,29). The van der Waals surface area contributed by atoms with Crippen molar-refractivity contribution in [3.8, 4) is 5.69 Å². The predicted molar refractivity (Wildman–Crippen MR) is 128 cm³/mol. The lowest BCUT2D eigenvalue weighted by Gasteiger charge is -2.26. The summed E-state index contributed by atoms with van der Waals surface area (Å²) in [5, 5.41) is 4.58. The van der Waals surface area contributed by atoms with Gasteiger partial charge >= 0.3 is 0 Å². The lowest BCUT2D eigenvalue weighted by molar-refractivity contribution is -0.118. The number of aromatic nitrogens is 2. The van der Waals surface area contributed by atoms with Crippen LogP contribution in [0.25, 0.3) is 16.6 Å². The van der Waals surface area contributed by atoms with Crippen molar-refractivity contribution in [2.45, 2.75) is 5.16 Å². The van der Waals surface area contributed by atoms with E-state index in [1.807, 2.05) is 6.07 Å². The van der Waals surface area contributed by atoms with Gasteiger partial charge in [-0.05, 0) is 30.3 Å². The van der Waals surface area contributed by atoms with Gasteiger partial charge < -0.3 is 10.1 Å². The van der Waals surface area contributed by atoms with E-state index in [1.165, 1.54) is 16.3 Å². The van der Waals surface area contributed by atoms with Gasteiger partial charge in [-0.3, -0.25) is 19.1 Å². The van der Waals surface area contributed by atoms with Gasteiger partial charge in [-0.25, -0.2) is 4.98 Å². The summed E-state index contributed by atoms with van der Waals surface area (Å²) in [6.07, 6.45) is 0. The highest BCUT2D eigenvalue weighted by molar-refractivity contribution is 7.99. The first kappa shape index (κ1) is 23.1. The molecule has 2 aromatic carbocycles. The maximum Gasteiger partial charge on any atom is 0.266 e. The Morgan fingerprint density at radius 3 is 2.72 bits per heavy atom. The second-order valence-corrected chi connectivity index (χ2v) is 9.03. The molecule has 1 aromatic heterocycles. The number of carbonyl (C=O) groups is 1. The molecule has 0 unspecified atom stereocenters. The van der Waals surface area contributed by atoms with Crippen LogP contribution >= 0.6 is 35.0 Å². The second kappa shape index (κ2) is 10.7. The van der Waals surface area contributed by atoms with Crippen molar-refractivity contribution in [1.29, 1.82) is 0 Å². The summed E-state index contributed by atoms with van der Waals surface area (Å²) in [5.41, 5.74) is 0.777. The summed E-state index contributed by atoms with van der Waals surface area (Å²) in [7, 11) is 0. The number of morpholine rings is 1. The zero-order valence-electron chi connectivity index (χ0n) is 17.2. The van der Waals surface area contributed by atoms with Gasteiger partial charge in [0.05, 0.1) is 40.6 Å². The third-order valence-corrected chi connectivity index (χ3v) is 6.56. The molecular formula is C22H22Cl2N4O3S. The summed E-state index contributed by atoms with van der Waals surface area (Å²) in [6, 6.07) is 12.0. The van der Waals surface area contributed by atoms with Crippen LogP contribution in [0.5, 0.6) is 0 Å². The molecule has 1 fully saturated rings. The lowest BCUT2D eigenvalue weighted by Crippen LogP contribution is -2.41. The molecule has 4 rings (SSSR count). The summed E-state index contributed by atoms with van der Waals surface area (Å²) in [4.78, 5) is 32.6. The Labute approximate surface area is 199 Å². The molecule has 7 nitrogen and oxygen atoms in total. The molecule has 0 radical (unpaired) electrons. The molecule has 1 N–H and O–H groups in total. The van der Waals surface area contributed by atoms with Crippen molar-refractivity contribution < 1.29 is 9.53 Å². The van der Waals surface area contributed by atoms with E-state index in [0.29, 0.717) is 38.3 Å². The highest BCUT2D eigenvalue weighted by Crippen LogP contribution is 2.28. The van der Waals surface area contributed by atoms with E-state index in [4.69, 9.17) is 27.9 Å². The molecule has 10 heteroatoms. The Bertz CT molecular complexity index is 1180. The van der Waals surface area contributed by atoms with Crippen LogP contribution in [0.15, 0.2) is 52.4 Å². The molecule has 1 aliphatic heterocycles. The summed E-state index contributed by atoms with van der Waals surface area (Å²) in [6.45, 7) is 4.53. The van der Waals surface area contributed by atoms with E-state index >= 15 is 0 Å². The van der Waals surface area contributed by atoms with E-state index in [0.717, 1.165) is 32.8 Å². The first-order valence-electron chi connectivity index (χ1n) is 10.2. The molecular weight excluding hydrogens is 471 g/mol.